The maximum absolute atomic E-state index is 12.1. The summed E-state index contributed by atoms with van der Waals surface area (Å²) in [4.78, 5) is 4.04. The van der Waals surface area contributed by atoms with E-state index < -0.39 is 10.0 Å². The van der Waals surface area contributed by atoms with Crippen molar-refractivity contribution in [3.63, 3.8) is 0 Å². The van der Waals surface area contributed by atoms with Gasteiger partial charge >= 0.3 is 0 Å². The minimum Gasteiger partial charge on any atom is -0.337 e. The Morgan fingerprint density at radius 3 is 2.58 bits per heavy atom. The molecule has 0 fully saturated rings. The molecule has 0 spiro atoms. The molecule has 1 aromatic heterocycles. The molecule has 0 saturated carbocycles. The van der Waals surface area contributed by atoms with E-state index in [-0.39, 0.29) is 10.4 Å². The number of aryl methyl sites for hydroxylation is 2. The molecule has 0 amide bonds. The Labute approximate surface area is 115 Å². The molecule has 6 nitrogen and oxygen atoms in total. The predicted octanol–water partition coefficient (Wildman–Crippen LogP) is 0.772. The summed E-state index contributed by atoms with van der Waals surface area (Å²) in [5, 5.41) is 0.0714. The van der Waals surface area contributed by atoms with Gasteiger partial charge in [-0.25, -0.2) is 18.1 Å². The normalized spacial score (nSPS) is 12.9. The molecule has 0 unspecified atom stereocenters. The van der Waals surface area contributed by atoms with Crippen LogP contribution in [-0.4, -0.2) is 31.1 Å². The third-order valence-electron chi connectivity index (χ3n) is 3.16. The van der Waals surface area contributed by atoms with Crippen LogP contribution >= 0.6 is 0 Å². The number of nitrogens with two attached hydrogens (primary N) is 1. The Kier molecular flexibility index (Phi) is 5.11. The van der Waals surface area contributed by atoms with Gasteiger partial charge in [0, 0.05) is 19.8 Å². The Hall–Kier alpha value is -0.920. The van der Waals surface area contributed by atoms with Crippen molar-refractivity contribution in [3.05, 3.63) is 12.0 Å². The zero-order chi connectivity index (χ0) is 14.7. The first-order chi connectivity index (χ1) is 8.68. The van der Waals surface area contributed by atoms with Gasteiger partial charge in [-0.15, -0.1) is 0 Å². The molecule has 0 atom stereocenters. The molecule has 1 rings (SSSR count). The van der Waals surface area contributed by atoms with Crippen LogP contribution in [0.2, 0.25) is 0 Å². The van der Waals surface area contributed by atoms with Gasteiger partial charge in [0.25, 0.3) is 10.0 Å². The van der Waals surface area contributed by atoms with Gasteiger partial charge in [-0.1, -0.05) is 13.8 Å². The number of hydrogen-bond donors (Lipinski definition) is 2. The van der Waals surface area contributed by atoms with Crippen LogP contribution in [0.4, 0.5) is 0 Å². The van der Waals surface area contributed by atoms with E-state index in [0.717, 1.165) is 12.8 Å². The Balaban J connectivity index is 2.70. The van der Waals surface area contributed by atoms with E-state index >= 15 is 0 Å². The first-order valence-corrected chi connectivity index (χ1v) is 7.86. The summed E-state index contributed by atoms with van der Waals surface area (Å²) in [5.74, 6) is 0.669. The fourth-order valence-corrected chi connectivity index (χ4v) is 2.97. The molecular formula is C12H24N4O2S. The molecule has 1 heterocycles. The number of aromatic nitrogens is 2. The summed E-state index contributed by atoms with van der Waals surface area (Å²) in [6, 6.07) is 0. The molecule has 0 aromatic carbocycles. The van der Waals surface area contributed by atoms with E-state index in [2.05, 4.69) is 9.71 Å². The van der Waals surface area contributed by atoms with E-state index in [0.29, 0.717) is 18.9 Å². The lowest BCUT2D eigenvalue weighted by Gasteiger charge is -2.24. The van der Waals surface area contributed by atoms with Gasteiger partial charge in [-0.3, -0.25) is 0 Å². The van der Waals surface area contributed by atoms with Crippen LogP contribution in [0.1, 0.15) is 32.5 Å². The van der Waals surface area contributed by atoms with Gasteiger partial charge in [0.05, 0.1) is 0 Å². The van der Waals surface area contributed by atoms with Crippen LogP contribution in [0.25, 0.3) is 0 Å². The average molecular weight is 288 g/mol. The number of rotatable bonds is 7. The molecule has 19 heavy (non-hydrogen) atoms. The van der Waals surface area contributed by atoms with Gasteiger partial charge in [0.2, 0.25) is 0 Å². The van der Waals surface area contributed by atoms with Crippen LogP contribution in [-0.2, 0) is 17.1 Å². The van der Waals surface area contributed by atoms with Gasteiger partial charge in [0.15, 0.2) is 5.03 Å². The zero-order valence-corrected chi connectivity index (χ0v) is 12.9. The van der Waals surface area contributed by atoms with Crippen molar-refractivity contribution >= 4 is 10.0 Å². The van der Waals surface area contributed by atoms with Crippen molar-refractivity contribution in [2.75, 3.05) is 13.1 Å². The van der Waals surface area contributed by atoms with Crippen molar-refractivity contribution in [2.24, 2.45) is 18.2 Å². The van der Waals surface area contributed by atoms with E-state index in [1.165, 1.54) is 6.20 Å². The summed E-state index contributed by atoms with van der Waals surface area (Å²) in [6.07, 6.45) is 3.29. The number of nitrogens with one attached hydrogen (secondary N) is 1. The lowest BCUT2D eigenvalue weighted by Crippen LogP contribution is -2.34. The van der Waals surface area contributed by atoms with Crippen molar-refractivity contribution < 1.29 is 8.42 Å². The fraction of sp³-hybridized carbons (Fsp3) is 0.750. The monoisotopic (exact) mass is 288 g/mol. The SMILES string of the molecule is Cc1nc(S(=O)(=O)NCC(C)(C)CCCN)cn1C. The highest BCUT2D eigenvalue weighted by Gasteiger charge is 2.23. The van der Waals surface area contributed by atoms with Gasteiger partial charge in [-0.05, 0) is 31.7 Å². The van der Waals surface area contributed by atoms with Crippen molar-refractivity contribution in [1.82, 2.24) is 14.3 Å². The van der Waals surface area contributed by atoms with Crippen LogP contribution in [0, 0.1) is 12.3 Å². The van der Waals surface area contributed by atoms with Crippen LogP contribution in [0.5, 0.6) is 0 Å². The zero-order valence-electron chi connectivity index (χ0n) is 12.1. The standard InChI is InChI=1S/C12H24N4O2S/c1-10-15-11(8-16(10)4)19(17,18)14-9-12(2,3)6-5-7-13/h8,14H,5-7,9,13H2,1-4H3. The van der Waals surface area contributed by atoms with Gasteiger partial charge < -0.3 is 10.3 Å². The van der Waals surface area contributed by atoms with E-state index in [4.69, 9.17) is 5.73 Å². The Morgan fingerprint density at radius 2 is 2.11 bits per heavy atom. The molecule has 110 valence electrons. The topological polar surface area (TPSA) is 90.0 Å². The number of imidazole rings is 1. The summed E-state index contributed by atoms with van der Waals surface area (Å²) >= 11 is 0. The number of nitrogens with zero attached hydrogens (tertiary/aromatic N) is 2. The molecule has 1 aromatic rings. The fourth-order valence-electron chi connectivity index (χ4n) is 1.69. The Morgan fingerprint density at radius 1 is 1.47 bits per heavy atom. The minimum absolute atomic E-state index is 0.0714. The second-order valence-corrected chi connectivity index (χ2v) is 7.33. The van der Waals surface area contributed by atoms with Crippen LogP contribution in [0.15, 0.2) is 11.2 Å². The smallest absolute Gasteiger partial charge is 0.259 e. The number of sulfonamides is 1. The average Bonchev–Trinajstić information content (AvgIpc) is 2.66. The molecule has 0 aliphatic carbocycles. The highest BCUT2D eigenvalue weighted by Crippen LogP contribution is 2.21. The van der Waals surface area contributed by atoms with Crippen molar-refractivity contribution in [1.29, 1.82) is 0 Å². The lowest BCUT2D eigenvalue weighted by molar-refractivity contribution is 0.327. The van der Waals surface area contributed by atoms with Crippen LogP contribution < -0.4 is 10.5 Å². The summed E-state index contributed by atoms with van der Waals surface area (Å²) in [5.41, 5.74) is 5.36. The molecular weight excluding hydrogens is 264 g/mol. The maximum atomic E-state index is 12.1. The molecule has 3 N–H and O–H groups in total. The van der Waals surface area contributed by atoms with Crippen molar-refractivity contribution in [3.8, 4) is 0 Å². The third kappa shape index (κ3) is 4.59. The highest BCUT2D eigenvalue weighted by molar-refractivity contribution is 7.89. The summed E-state index contributed by atoms with van der Waals surface area (Å²) < 4.78 is 28.5. The van der Waals surface area contributed by atoms with Gasteiger partial charge in [-0.2, -0.15) is 0 Å². The number of hydrogen-bond acceptors (Lipinski definition) is 4. The molecule has 0 saturated heterocycles. The lowest BCUT2D eigenvalue weighted by atomic mass is 9.88. The molecule has 7 heteroatoms. The van der Waals surface area contributed by atoms with Crippen LogP contribution in [0.3, 0.4) is 0 Å². The third-order valence-corrected chi connectivity index (χ3v) is 4.43. The van der Waals surface area contributed by atoms with E-state index in [1.54, 1.807) is 18.5 Å². The summed E-state index contributed by atoms with van der Waals surface area (Å²) in [7, 11) is -1.76. The minimum atomic E-state index is -3.53. The van der Waals surface area contributed by atoms with E-state index in [1.807, 2.05) is 13.8 Å². The van der Waals surface area contributed by atoms with Crippen molar-refractivity contribution in [2.45, 2.75) is 38.6 Å². The largest absolute Gasteiger partial charge is 0.337 e. The second kappa shape index (κ2) is 6.02. The first kappa shape index (κ1) is 16.1. The van der Waals surface area contributed by atoms with E-state index in [9.17, 15) is 8.42 Å². The summed E-state index contributed by atoms with van der Waals surface area (Å²) in [6.45, 7) is 6.81. The maximum Gasteiger partial charge on any atom is 0.259 e. The van der Waals surface area contributed by atoms with Gasteiger partial charge in [0.1, 0.15) is 5.82 Å². The Bertz CT molecular complexity index is 500. The molecule has 0 radical (unpaired) electrons. The highest BCUT2D eigenvalue weighted by atomic mass is 32.2. The molecule has 0 bridgehead atoms. The first-order valence-electron chi connectivity index (χ1n) is 6.38. The molecule has 0 aliphatic rings. The molecule has 0 aliphatic heterocycles. The predicted molar refractivity (Wildman–Crippen MR) is 75.2 cm³/mol. The quantitative estimate of drug-likeness (QED) is 0.775. The second-order valence-electron chi connectivity index (χ2n) is 5.62.